The summed E-state index contributed by atoms with van der Waals surface area (Å²) in [7, 11) is 0. The van der Waals surface area contributed by atoms with Crippen molar-refractivity contribution in [1.82, 2.24) is 5.32 Å². The highest BCUT2D eigenvalue weighted by atomic mass is 35.5. The molecule has 0 radical (unpaired) electrons. The Morgan fingerprint density at radius 1 is 1.12 bits per heavy atom. The zero-order chi connectivity index (χ0) is 17.4. The molecule has 2 aromatic rings. The summed E-state index contributed by atoms with van der Waals surface area (Å²) >= 11 is 13.2. The van der Waals surface area contributed by atoms with Gasteiger partial charge in [0.2, 0.25) is 6.79 Å². The predicted molar refractivity (Wildman–Crippen MR) is 99.8 cm³/mol. The van der Waals surface area contributed by atoms with Gasteiger partial charge in [-0.3, -0.25) is 4.79 Å². The average molecular weight is 393 g/mol. The summed E-state index contributed by atoms with van der Waals surface area (Å²) < 4.78 is 10.6. The molecule has 126 valence electrons. The van der Waals surface area contributed by atoms with Gasteiger partial charge in [0.25, 0.3) is 5.91 Å². The van der Waals surface area contributed by atoms with Crippen LogP contribution in [0.3, 0.4) is 0 Å². The van der Waals surface area contributed by atoms with Gasteiger partial charge in [0.15, 0.2) is 16.7 Å². The van der Waals surface area contributed by atoms with Crippen molar-refractivity contribution in [2.75, 3.05) is 6.79 Å². The lowest BCUT2D eigenvalue weighted by Crippen LogP contribution is -2.19. The van der Waals surface area contributed by atoms with Crippen molar-refractivity contribution >= 4 is 57.8 Å². The van der Waals surface area contributed by atoms with E-state index >= 15 is 0 Å². The quantitative estimate of drug-likeness (QED) is 0.757. The number of ether oxygens (including phenoxy) is 2. The van der Waals surface area contributed by atoms with E-state index in [-0.39, 0.29) is 12.7 Å². The highest BCUT2D eigenvalue weighted by Gasteiger charge is 2.24. The molecule has 4 rings (SSSR count). The molecule has 1 amide bonds. The number of nitrogens with one attached hydrogen (secondary N) is 1. The van der Waals surface area contributed by atoms with Gasteiger partial charge in [-0.1, -0.05) is 29.3 Å². The molecule has 0 atom stereocenters. The second-order valence-corrected chi connectivity index (χ2v) is 7.06. The molecule has 25 heavy (non-hydrogen) atoms. The van der Waals surface area contributed by atoms with E-state index in [2.05, 4.69) is 10.3 Å². The number of hydrogen-bond acceptors (Lipinski definition) is 5. The second-order valence-electron chi connectivity index (χ2n) is 5.19. The Labute approximate surface area is 157 Å². The summed E-state index contributed by atoms with van der Waals surface area (Å²) in [5.74, 6) is 1.15. The van der Waals surface area contributed by atoms with E-state index in [4.69, 9.17) is 32.7 Å². The van der Waals surface area contributed by atoms with Crippen LogP contribution in [0.5, 0.6) is 11.5 Å². The van der Waals surface area contributed by atoms with Crippen LogP contribution in [-0.4, -0.2) is 17.9 Å². The molecule has 1 fully saturated rings. The van der Waals surface area contributed by atoms with Crippen molar-refractivity contribution in [3.8, 4) is 11.5 Å². The number of carbonyl (C=O) groups is 1. The van der Waals surface area contributed by atoms with Crippen LogP contribution < -0.4 is 14.8 Å². The Morgan fingerprint density at radius 2 is 1.96 bits per heavy atom. The van der Waals surface area contributed by atoms with Crippen LogP contribution in [0, 0.1) is 0 Å². The second kappa shape index (κ2) is 6.63. The van der Waals surface area contributed by atoms with Crippen LogP contribution in [0.25, 0.3) is 6.08 Å². The maximum absolute atomic E-state index is 12.2. The SMILES string of the molecule is O=C1NC(=Nc2ccc(Cl)cc2Cl)S/C1=C\c1ccc2c(c1)OCO2. The van der Waals surface area contributed by atoms with Crippen LogP contribution in [0.2, 0.25) is 10.0 Å². The van der Waals surface area contributed by atoms with Gasteiger partial charge >= 0.3 is 0 Å². The molecule has 0 saturated carbocycles. The number of nitrogens with zero attached hydrogens (tertiary/aromatic N) is 1. The molecule has 1 saturated heterocycles. The van der Waals surface area contributed by atoms with Gasteiger partial charge in [0.05, 0.1) is 15.6 Å². The molecule has 0 spiro atoms. The Balaban J connectivity index is 1.58. The third-order valence-electron chi connectivity index (χ3n) is 3.48. The van der Waals surface area contributed by atoms with E-state index in [1.165, 1.54) is 11.8 Å². The van der Waals surface area contributed by atoms with Crippen LogP contribution >= 0.6 is 35.0 Å². The normalized spacial score (nSPS) is 18.9. The minimum absolute atomic E-state index is 0.212. The first kappa shape index (κ1) is 16.3. The lowest BCUT2D eigenvalue weighted by Gasteiger charge is -2.00. The van der Waals surface area contributed by atoms with Crippen molar-refractivity contribution in [1.29, 1.82) is 0 Å². The molecule has 2 aliphatic heterocycles. The summed E-state index contributed by atoms with van der Waals surface area (Å²) in [5, 5.41) is 4.13. The van der Waals surface area contributed by atoms with Crippen molar-refractivity contribution in [3.05, 3.63) is 56.9 Å². The number of fused-ring (bicyclic) bond motifs is 1. The van der Waals surface area contributed by atoms with Gasteiger partial charge in [-0.15, -0.1) is 0 Å². The standard InChI is InChI=1S/C17H10Cl2N2O3S/c18-10-2-3-12(11(19)7-10)20-17-21-16(22)15(25-17)6-9-1-4-13-14(5-9)24-8-23-13/h1-7H,8H2,(H,20,21,22)/b15-6-. The fraction of sp³-hybridized carbons (Fsp3) is 0.0588. The lowest BCUT2D eigenvalue weighted by molar-refractivity contribution is -0.115. The minimum atomic E-state index is -0.216. The zero-order valence-corrected chi connectivity index (χ0v) is 14.9. The Morgan fingerprint density at radius 3 is 2.80 bits per heavy atom. The van der Waals surface area contributed by atoms with Gasteiger partial charge in [-0.05, 0) is 53.7 Å². The molecule has 1 N–H and O–H groups in total. The first-order valence-electron chi connectivity index (χ1n) is 7.23. The number of aliphatic imine (C=N–C) groups is 1. The van der Waals surface area contributed by atoms with Crippen LogP contribution in [0.1, 0.15) is 5.56 Å². The summed E-state index contributed by atoms with van der Waals surface area (Å²) in [5.41, 5.74) is 1.38. The maximum Gasteiger partial charge on any atom is 0.264 e. The number of halogens is 2. The van der Waals surface area contributed by atoms with E-state index in [9.17, 15) is 4.79 Å². The number of carbonyl (C=O) groups excluding carboxylic acids is 1. The van der Waals surface area contributed by atoms with Gasteiger partial charge in [-0.25, -0.2) is 4.99 Å². The highest BCUT2D eigenvalue weighted by Crippen LogP contribution is 2.35. The van der Waals surface area contributed by atoms with Crippen molar-refractivity contribution in [2.24, 2.45) is 4.99 Å². The highest BCUT2D eigenvalue weighted by molar-refractivity contribution is 8.18. The summed E-state index contributed by atoms with van der Waals surface area (Å²) in [4.78, 5) is 17.1. The molecule has 2 heterocycles. The molecule has 0 bridgehead atoms. The van der Waals surface area contributed by atoms with E-state index in [1.807, 2.05) is 18.2 Å². The molecular weight excluding hydrogens is 383 g/mol. The monoisotopic (exact) mass is 392 g/mol. The number of amides is 1. The largest absolute Gasteiger partial charge is 0.454 e. The smallest absolute Gasteiger partial charge is 0.264 e. The van der Waals surface area contributed by atoms with Crippen LogP contribution in [0.4, 0.5) is 5.69 Å². The van der Waals surface area contributed by atoms with Gasteiger partial charge in [0.1, 0.15) is 0 Å². The van der Waals surface area contributed by atoms with Crippen molar-refractivity contribution in [3.63, 3.8) is 0 Å². The molecule has 0 aromatic heterocycles. The Kier molecular flexibility index (Phi) is 4.33. The molecule has 2 aliphatic rings. The van der Waals surface area contributed by atoms with Gasteiger partial charge in [0, 0.05) is 5.02 Å². The minimum Gasteiger partial charge on any atom is -0.454 e. The number of thioether (sulfide) groups is 1. The first-order valence-corrected chi connectivity index (χ1v) is 8.80. The van der Waals surface area contributed by atoms with E-state index < -0.39 is 0 Å². The topological polar surface area (TPSA) is 59.9 Å². The van der Waals surface area contributed by atoms with E-state index in [1.54, 1.807) is 24.3 Å². The third-order valence-corrected chi connectivity index (χ3v) is 4.92. The van der Waals surface area contributed by atoms with Crippen LogP contribution in [0.15, 0.2) is 46.3 Å². The average Bonchev–Trinajstić information content (AvgIpc) is 3.17. The Hall–Kier alpha value is -2.15. The number of rotatable bonds is 2. The summed E-state index contributed by atoms with van der Waals surface area (Å²) in [6.45, 7) is 0.212. The summed E-state index contributed by atoms with van der Waals surface area (Å²) in [6.07, 6.45) is 1.77. The van der Waals surface area contributed by atoms with E-state index in [0.29, 0.717) is 37.3 Å². The zero-order valence-electron chi connectivity index (χ0n) is 12.6. The maximum atomic E-state index is 12.2. The molecular formula is C17H10Cl2N2O3S. The first-order chi connectivity index (χ1) is 12.1. The molecule has 2 aromatic carbocycles. The lowest BCUT2D eigenvalue weighted by atomic mass is 10.2. The van der Waals surface area contributed by atoms with Gasteiger partial charge in [-0.2, -0.15) is 0 Å². The molecule has 0 aliphatic carbocycles. The van der Waals surface area contributed by atoms with Gasteiger partial charge < -0.3 is 14.8 Å². The van der Waals surface area contributed by atoms with Crippen molar-refractivity contribution < 1.29 is 14.3 Å². The molecule has 0 unspecified atom stereocenters. The Bertz CT molecular complexity index is 943. The summed E-state index contributed by atoms with van der Waals surface area (Å²) in [6, 6.07) is 10.5. The van der Waals surface area contributed by atoms with Crippen LogP contribution in [-0.2, 0) is 4.79 Å². The van der Waals surface area contributed by atoms with E-state index in [0.717, 1.165) is 5.56 Å². The molecule has 8 heteroatoms. The fourth-order valence-electron chi connectivity index (χ4n) is 2.32. The third kappa shape index (κ3) is 3.46. The fourth-order valence-corrected chi connectivity index (χ4v) is 3.60. The number of amidine groups is 1. The molecule has 5 nitrogen and oxygen atoms in total. The van der Waals surface area contributed by atoms with Crippen molar-refractivity contribution in [2.45, 2.75) is 0 Å². The number of hydrogen-bond donors (Lipinski definition) is 1. The predicted octanol–water partition coefficient (Wildman–Crippen LogP) is 4.61. The number of benzene rings is 2.